The lowest BCUT2D eigenvalue weighted by Crippen LogP contribution is -2.47. The standard InChI is InChI=1S/C69H131N2O7P/c1-7-10-13-16-19-22-25-28-29-30-31-32-33-34-35-36-37-38-39-40-41-44-47-50-53-56-59-62-69(73)78-67(60-57-54-51-48-45-42-26-23-20-17-14-11-8-2)66(65-77-79(74,75)76-64-63-71(4,5)6)70-68(72)61-58-55-52-49-46-43-27-24-21-18-15-12-9-3/h12,15,18,21,24,27,57,60,66-67H,7-11,13-14,16-17,19-20,22-23,25-26,28-56,58-59,61-65H2,1-6H3,(H-,70,72,74,75)/b15-12+,21-18+,27-24-,60-57-. The second-order valence-corrected chi connectivity index (χ2v) is 25.8. The Kier molecular flexibility index (Phi) is 57.6. The summed E-state index contributed by atoms with van der Waals surface area (Å²) in [5.74, 6) is -0.551. The highest BCUT2D eigenvalue weighted by molar-refractivity contribution is 7.45. The minimum absolute atomic E-state index is 0.0256. The molecule has 0 aromatic heterocycles. The summed E-state index contributed by atoms with van der Waals surface area (Å²) in [5.41, 5.74) is 0. The average Bonchev–Trinajstić information content (AvgIpc) is 3.41. The van der Waals surface area contributed by atoms with Gasteiger partial charge in [0.2, 0.25) is 5.91 Å². The summed E-state index contributed by atoms with van der Waals surface area (Å²) in [5, 5.41) is 3.02. The van der Waals surface area contributed by atoms with Gasteiger partial charge in [-0.05, 0) is 51.0 Å². The SMILES string of the molecule is CC/C=C/C=C/C=C\CCCCCCCC(=O)NC(COP(=O)([O-])OCC[N+](C)(C)C)C(/C=C\CCCCCCCCCCCCC)OC(=O)CCCCCCCCCCCCCCCCCCCCCCCCCCCCC. The van der Waals surface area contributed by atoms with Gasteiger partial charge >= 0.3 is 5.97 Å². The number of amides is 1. The second kappa shape index (κ2) is 59.1. The number of carbonyl (C=O) groups is 2. The number of phosphoric ester groups is 1. The number of ether oxygens (including phenoxy) is 1. The van der Waals surface area contributed by atoms with Crippen molar-refractivity contribution in [3.8, 4) is 0 Å². The Morgan fingerprint density at radius 3 is 1.20 bits per heavy atom. The fourth-order valence-electron chi connectivity index (χ4n) is 10.1. The average molecular weight is 1130 g/mol. The molecule has 0 heterocycles. The first kappa shape index (κ1) is 77.0. The summed E-state index contributed by atoms with van der Waals surface area (Å²) >= 11 is 0. The second-order valence-electron chi connectivity index (χ2n) is 24.4. The van der Waals surface area contributed by atoms with Crippen LogP contribution in [0, 0.1) is 0 Å². The number of unbranched alkanes of at least 4 members (excludes halogenated alkanes) is 42. The van der Waals surface area contributed by atoms with Crippen molar-refractivity contribution in [1.29, 1.82) is 0 Å². The van der Waals surface area contributed by atoms with Gasteiger partial charge in [0.15, 0.2) is 0 Å². The summed E-state index contributed by atoms with van der Waals surface area (Å²) in [4.78, 5) is 40.0. The molecule has 0 spiro atoms. The first-order valence-corrected chi connectivity index (χ1v) is 35.4. The number of hydrogen-bond donors (Lipinski definition) is 1. The van der Waals surface area contributed by atoms with Gasteiger partial charge in [0.05, 0.1) is 33.8 Å². The van der Waals surface area contributed by atoms with Crippen LogP contribution in [0.5, 0.6) is 0 Å². The maximum atomic E-state index is 13.5. The fraction of sp³-hybridized carbons (Fsp3) is 0.855. The lowest BCUT2D eigenvalue weighted by atomic mass is 10.0. The zero-order chi connectivity index (χ0) is 57.9. The van der Waals surface area contributed by atoms with E-state index in [1.54, 1.807) is 0 Å². The molecule has 1 amide bonds. The van der Waals surface area contributed by atoms with E-state index in [4.69, 9.17) is 13.8 Å². The Labute approximate surface area is 490 Å². The Morgan fingerprint density at radius 1 is 0.456 bits per heavy atom. The number of quaternary nitrogens is 1. The number of carbonyl (C=O) groups excluding carboxylic acids is 2. The minimum Gasteiger partial charge on any atom is -0.756 e. The molecule has 10 heteroatoms. The molecule has 0 rings (SSSR count). The Morgan fingerprint density at radius 2 is 0.810 bits per heavy atom. The van der Waals surface area contributed by atoms with Crippen molar-refractivity contribution in [2.75, 3.05) is 40.9 Å². The summed E-state index contributed by atoms with van der Waals surface area (Å²) in [7, 11) is 1.18. The third kappa shape index (κ3) is 60.4. The van der Waals surface area contributed by atoms with Crippen molar-refractivity contribution in [3.05, 3.63) is 48.6 Å². The number of likely N-dealkylation sites (N-methyl/N-ethyl adjacent to an activating group) is 1. The molecule has 9 nitrogen and oxygen atoms in total. The highest BCUT2D eigenvalue weighted by Crippen LogP contribution is 2.38. The van der Waals surface area contributed by atoms with Crippen LogP contribution < -0.4 is 10.2 Å². The van der Waals surface area contributed by atoms with Crippen molar-refractivity contribution in [2.24, 2.45) is 0 Å². The van der Waals surface area contributed by atoms with E-state index in [0.717, 1.165) is 83.5 Å². The van der Waals surface area contributed by atoms with Crippen LogP contribution in [0.1, 0.15) is 329 Å². The van der Waals surface area contributed by atoms with E-state index in [9.17, 15) is 19.0 Å². The Bertz CT molecular complexity index is 1490. The van der Waals surface area contributed by atoms with Crippen LogP contribution in [0.3, 0.4) is 0 Å². The first-order valence-electron chi connectivity index (χ1n) is 34.0. The first-order chi connectivity index (χ1) is 38.4. The van der Waals surface area contributed by atoms with E-state index >= 15 is 0 Å². The van der Waals surface area contributed by atoms with Crippen LogP contribution in [0.15, 0.2) is 48.6 Å². The lowest BCUT2D eigenvalue weighted by molar-refractivity contribution is -0.870. The van der Waals surface area contributed by atoms with Crippen molar-refractivity contribution in [2.45, 2.75) is 341 Å². The van der Waals surface area contributed by atoms with Gasteiger partial charge in [-0.2, -0.15) is 0 Å². The van der Waals surface area contributed by atoms with Crippen LogP contribution in [-0.4, -0.2) is 69.4 Å². The van der Waals surface area contributed by atoms with Crippen LogP contribution in [0.2, 0.25) is 0 Å². The third-order valence-corrected chi connectivity index (χ3v) is 16.3. The fourth-order valence-corrected chi connectivity index (χ4v) is 10.8. The molecule has 1 N–H and O–H groups in total. The third-order valence-electron chi connectivity index (χ3n) is 15.3. The van der Waals surface area contributed by atoms with Gasteiger partial charge in [-0.25, -0.2) is 0 Å². The maximum Gasteiger partial charge on any atom is 0.306 e. The molecule has 0 radical (unpaired) electrons. The van der Waals surface area contributed by atoms with Gasteiger partial charge in [-0.15, -0.1) is 0 Å². The highest BCUT2D eigenvalue weighted by Gasteiger charge is 2.27. The van der Waals surface area contributed by atoms with Crippen molar-refractivity contribution in [3.63, 3.8) is 0 Å². The van der Waals surface area contributed by atoms with Gasteiger partial charge in [0, 0.05) is 12.8 Å². The van der Waals surface area contributed by atoms with Crippen molar-refractivity contribution in [1.82, 2.24) is 5.32 Å². The molecule has 3 atom stereocenters. The monoisotopic (exact) mass is 1130 g/mol. The Balaban J connectivity index is 4.99. The summed E-state index contributed by atoms with van der Waals surface area (Å²) in [6.07, 6.45) is 73.9. The van der Waals surface area contributed by atoms with Crippen LogP contribution in [0.25, 0.3) is 0 Å². The molecular weight excluding hydrogens is 1000 g/mol. The normalized spacial score (nSPS) is 13.9. The number of esters is 1. The van der Waals surface area contributed by atoms with E-state index in [1.165, 1.54) is 212 Å². The molecule has 0 aromatic carbocycles. The number of nitrogens with one attached hydrogen (secondary N) is 1. The van der Waals surface area contributed by atoms with Gasteiger partial charge in [-0.3, -0.25) is 14.2 Å². The predicted octanol–water partition coefficient (Wildman–Crippen LogP) is 20.6. The smallest absolute Gasteiger partial charge is 0.306 e. The lowest BCUT2D eigenvalue weighted by Gasteiger charge is -2.30. The highest BCUT2D eigenvalue weighted by atomic mass is 31.2. The molecular formula is C69H131N2O7P. The van der Waals surface area contributed by atoms with E-state index < -0.39 is 26.6 Å². The van der Waals surface area contributed by atoms with Gasteiger partial charge in [-0.1, -0.05) is 314 Å². The summed E-state index contributed by atoms with van der Waals surface area (Å²) in [6.45, 7) is 6.74. The van der Waals surface area contributed by atoms with Crippen LogP contribution in [-0.2, 0) is 27.9 Å². The number of allylic oxidation sites excluding steroid dienone is 7. The quantitative estimate of drug-likeness (QED) is 0.0161. The predicted molar refractivity (Wildman–Crippen MR) is 339 cm³/mol. The molecule has 0 saturated carbocycles. The number of hydrogen-bond acceptors (Lipinski definition) is 7. The number of phosphoric acid groups is 1. The van der Waals surface area contributed by atoms with E-state index in [2.05, 4.69) is 62.5 Å². The van der Waals surface area contributed by atoms with E-state index in [-0.39, 0.29) is 24.9 Å². The molecule has 79 heavy (non-hydrogen) atoms. The zero-order valence-electron chi connectivity index (χ0n) is 53.1. The van der Waals surface area contributed by atoms with Crippen molar-refractivity contribution < 1.29 is 37.3 Å². The topological polar surface area (TPSA) is 114 Å². The molecule has 0 aliphatic rings. The van der Waals surface area contributed by atoms with E-state index in [1.807, 2.05) is 33.3 Å². The molecule has 0 aromatic rings. The number of rotatable bonds is 62. The van der Waals surface area contributed by atoms with Crippen LogP contribution >= 0.6 is 7.82 Å². The zero-order valence-corrected chi connectivity index (χ0v) is 54.0. The van der Waals surface area contributed by atoms with Crippen molar-refractivity contribution >= 4 is 19.7 Å². The molecule has 464 valence electrons. The molecule has 0 saturated heterocycles. The molecule has 0 aliphatic carbocycles. The van der Waals surface area contributed by atoms with E-state index in [0.29, 0.717) is 17.4 Å². The summed E-state index contributed by atoms with van der Waals surface area (Å²) < 4.78 is 30.4. The minimum atomic E-state index is -4.70. The Hall–Kier alpha value is -2.03. The molecule has 0 fully saturated rings. The van der Waals surface area contributed by atoms with Crippen LogP contribution in [0.4, 0.5) is 0 Å². The molecule has 0 aliphatic heterocycles. The summed E-state index contributed by atoms with van der Waals surface area (Å²) in [6, 6.07) is -0.897. The molecule has 0 bridgehead atoms. The van der Waals surface area contributed by atoms with Gasteiger partial charge in [0.1, 0.15) is 19.3 Å². The van der Waals surface area contributed by atoms with Gasteiger partial charge in [0.25, 0.3) is 7.82 Å². The molecule has 3 unspecified atom stereocenters. The maximum absolute atomic E-state index is 13.5. The largest absolute Gasteiger partial charge is 0.756 e. The van der Waals surface area contributed by atoms with Gasteiger partial charge < -0.3 is 28.5 Å². The number of nitrogens with zero attached hydrogens (tertiary/aromatic N) is 1.